The number of piperidine rings is 1. The SMILES string of the molecule is CCCCCCOC(=O)CCC(=O)N1CCN(C2CCN(C)CC2)CC1. The normalized spacial score (nSPS) is 20.3. The van der Waals surface area contributed by atoms with Gasteiger partial charge in [0.05, 0.1) is 13.0 Å². The van der Waals surface area contributed by atoms with Crippen molar-refractivity contribution in [1.29, 1.82) is 0 Å². The summed E-state index contributed by atoms with van der Waals surface area (Å²) in [5.41, 5.74) is 0. The lowest BCUT2D eigenvalue weighted by molar-refractivity contribution is -0.146. The van der Waals surface area contributed by atoms with E-state index < -0.39 is 0 Å². The first-order valence-corrected chi connectivity index (χ1v) is 10.5. The summed E-state index contributed by atoms with van der Waals surface area (Å²) in [6.45, 7) is 8.49. The summed E-state index contributed by atoms with van der Waals surface area (Å²) in [6.07, 6.45) is 7.33. The quantitative estimate of drug-likeness (QED) is 0.462. The van der Waals surface area contributed by atoms with E-state index in [9.17, 15) is 9.59 Å². The molecule has 1 amide bonds. The molecule has 2 saturated heterocycles. The number of likely N-dealkylation sites (tertiary alicyclic amines) is 1. The Hall–Kier alpha value is -1.14. The van der Waals surface area contributed by atoms with Crippen molar-refractivity contribution >= 4 is 11.9 Å². The van der Waals surface area contributed by atoms with Gasteiger partial charge in [0.25, 0.3) is 0 Å². The number of unbranched alkanes of at least 4 members (excludes halogenated alkanes) is 3. The predicted octanol–water partition coefficient (Wildman–Crippen LogP) is 2.13. The zero-order valence-electron chi connectivity index (χ0n) is 16.8. The fraction of sp³-hybridized carbons (Fsp3) is 0.900. The lowest BCUT2D eigenvalue weighted by Gasteiger charge is -2.42. The van der Waals surface area contributed by atoms with Crippen LogP contribution in [0.5, 0.6) is 0 Å². The van der Waals surface area contributed by atoms with Gasteiger partial charge in [0.15, 0.2) is 0 Å². The van der Waals surface area contributed by atoms with Crippen molar-refractivity contribution in [3.8, 4) is 0 Å². The topological polar surface area (TPSA) is 53.1 Å². The molecule has 2 heterocycles. The molecule has 0 spiro atoms. The van der Waals surface area contributed by atoms with Crippen LogP contribution in [0.15, 0.2) is 0 Å². The van der Waals surface area contributed by atoms with E-state index in [-0.39, 0.29) is 24.7 Å². The highest BCUT2D eigenvalue weighted by atomic mass is 16.5. The third kappa shape index (κ3) is 7.23. The van der Waals surface area contributed by atoms with Crippen LogP contribution in [0.4, 0.5) is 0 Å². The zero-order chi connectivity index (χ0) is 18.8. The lowest BCUT2D eigenvalue weighted by atomic mass is 10.0. The van der Waals surface area contributed by atoms with Gasteiger partial charge in [-0.1, -0.05) is 26.2 Å². The minimum absolute atomic E-state index is 0.0935. The van der Waals surface area contributed by atoms with Gasteiger partial charge in [-0.3, -0.25) is 14.5 Å². The molecule has 0 aliphatic carbocycles. The van der Waals surface area contributed by atoms with E-state index >= 15 is 0 Å². The molecule has 6 heteroatoms. The van der Waals surface area contributed by atoms with Crippen LogP contribution in [-0.2, 0) is 14.3 Å². The van der Waals surface area contributed by atoms with E-state index in [1.807, 2.05) is 4.90 Å². The monoisotopic (exact) mass is 367 g/mol. The van der Waals surface area contributed by atoms with E-state index in [1.165, 1.54) is 38.8 Å². The smallest absolute Gasteiger partial charge is 0.306 e. The molecular formula is C20H37N3O3. The predicted molar refractivity (Wildman–Crippen MR) is 103 cm³/mol. The first-order chi connectivity index (χ1) is 12.6. The molecule has 150 valence electrons. The molecule has 0 saturated carbocycles. The first-order valence-electron chi connectivity index (χ1n) is 10.5. The first kappa shape index (κ1) is 21.2. The maximum Gasteiger partial charge on any atom is 0.306 e. The summed E-state index contributed by atoms with van der Waals surface area (Å²) in [5.74, 6) is -0.143. The third-order valence-electron chi connectivity index (χ3n) is 5.68. The van der Waals surface area contributed by atoms with Crippen molar-refractivity contribution in [3.63, 3.8) is 0 Å². The maximum absolute atomic E-state index is 12.3. The number of carbonyl (C=O) groups is 2. The summed E-state index contributed by atoms with van der Waals surface area (Å²) in [6, 6.07) is 0.672. The van der Waals surface area contributed by atoms with Crippen molar-refractivity contribution in [3.05, 3.63) is 0 Å². The Morgan fingerprint density at radius 3 is 2.27 bits per heavy atom. The Balaban J connectivity index is 1.57. The summed E-state index contributed by atoms with van der Waals surface area (Å²) in [5, 5.41) is 0. The molecule has 6 nitrogen and oxygen atoms in total. The number of hydrogen-bond donors (Lipinski definition) is 0. The van der Waals surface area contributed by atoms with Gasteiger partial charge in [-0.15, -0.1) is 0 Å². The Bertz CT molecular complexity index is 428. The largest absolute Gasteiger partial charge is 0.466 e. The molecule has 0 aromatic heterocycles. The maximum atomic E-state index is 12.3. The van der Waals surface area contributed by atoms with Crippen LogP contribution < -0.4 is 0 Å². The highest BCUT2D eigenvalue weighted by Crippen LogP contribution is 2.17. The summed E-state index contributed by atoms with van der Waals surface area (Å²) in [4.78, 5) is 30.9. The second-order valence-electron chi connectivity index (χ2n) is 7.73. The van der Waals surface area contributed by atoms with Crippen LogP contribution in [0.25, 0.3) is 0 Å². The highest BCUT2D eigenvalue weighted by molar-refractivity contribution is 5.81. The second kappa shape index (κ2) is 11.5. The molecule has 0 N–H and O–H groups in total. The van der Waals surface area contributed by atoms with Gasteiger partial charge in [0.2, 0.25) is 5.91 Å². The standard InChI is InChI=1S/C20H37N3O3/c1-3-4-5-6-17-26-20(25)8-7-19(24)23-15-13-22(14-16-23)18-9-11-21(2)12-10-18/h18H,3-17H2,1-2H3. The molecule has 2 aliphatic rings. The van der Waals surface area contributed by atoms with E-state index in [0.29, 0.717) is 12.6 Å². The minimum atomic E-state index is -0.236. The van der Waals surface area contributed by atoms with E-state index in [1.54, 1.807) is 0 Å². The summed E-state index contributed by atoms with van der Waals surface area (Å²) < 4.78 is 5.21. The fourth-order valence-corrected chi connectivity index (χ4v) is 3.85. The summed E-state index contributed by atoms with van der Waals surface area (Å²) >= 11 is 0. The molecule has 0 bridgehead atoms. The number of amides is 1. The molecule has 0 aromatic carbocycles. The number of rotatable bonds is 9. The Morgan fingerprint density at radius 2 is 1.62 bits per heavy atom. The Morgan fingerprint density at radius 1 is 0.923 bits per heavy atom. The van der Waals surface area contributed by atoms with Gasteiger partial charge < -0.3 is 14.5 Å². The summed E-state index contributed by atoms with van der Waals surface area (Å²) in [7, 11) is 2.18. The van der Waals surface area contributed by atoms with Crippen LogP contribution in [-0.4, -0.2) is 85.5 Å². The van der Waals surface area contributed by atoms with Crippen molar-refractivity contribution in [1.82, 2.24) is 14.7 Å². The van der Waals surface area contributed by atoms with Crippen LogP contribution >= 0.6 is 0 Å². The average molecular weight is 368 g/mol. The highest BCUT2D eigenvalue weighted by Gasteiger charge is 2.28. The van der Waals surface area contributed by atoms with Gasteiger partial charge in [0.1, 0.15) is 0 Å². The zero-order valence-corrected chi connectivity index (χ0v) is 16.8. The molecule has 2 rings (SSSR count). The lowest BCUT2D eigenvalue weighted by Crippen LogP contribution is -2.54. The molecule has 0 unspecified atom stereocenters. The van der Waals surface area contributed by atoms with Crippen LogP contribution in [0, 0.1) is 0 Å². The number of esters is 1. The van der Waals surface area contributed by atoms with Gasteiger partial charge in [-0.2, -0.15) is 0 Å². The molecule has 0 atom stereocenters. The Labute approximate surface area is 158 Å². The molecule has 0 radical (unpaired) electrons. The van der Waals surface area contributed by atoms with Crippen LogP contribution in [0.1, 0.15) is 58.3 Å². The third-order valence-corrected chi connectivity index (χ3v) is 5.68. The van der Waals surface area contributed by atoms with Gasteiger partial charge in [-0.25, -0.2) is 0 Å². The Kier molecular flexibility index (Phi) is 9.40. The second-order valence-corrected chi connectivity index (χ2v) is 7.73. The van der Waals surface area contributed by atoms with Crippen LogP contribution in [0.2, 0.25) is 0 Å². The number of piperazine rings is 1. The van der Waals surface area contributed by atoms with Gasteiger partial charge in [0, 0.05) is 38.6 Å². The van der Waals surface area contributed by atoms with Crippen LogP contribution in [0.3, 0.4) is 0 Å². The number of nitrogens with zero attached hydrogens (tertiary/aromatic N) is 3. The van der Waals surface area contributed by atoms with E-state index in [4.69, 9.17) is 4.74 Å². The number of hydrogen-bond acceptors (Lipinski definition) is 5. The molecule has 0 aromatic rings. The fourth-order valence-electron chi connectivity index (χ4n) is 3.85. The van der Waals surface area contributed by atoms with E-state index in [0.717, 1.165) is 39.0 Å². The number of carbonyl (C=O) groups excluding carboxylic acids is 2. The molecule has 2 aliphatic heterocycles. The van der Waals surface area contributed by atoms with E-state index in [2.05, 4.69) is 23.8 Å². The molecule has 26 heavy (non-hydrogen) atoms. The average Bonchev–Trinajstić information content (AvgIpc) is 2.66. The molecule has 2 fully saturated rings. The molecular weight excluding hydrogens is 330 g/mol. The van der Waals surface area contributed by atoms with Crippen molar-refractivity contribution in [2.45, 2.75) is 64.3 Å². The van der Waals surface area contributed by atoms with Crippen molar-refractivity contribution < 1.29 is 14.3 Å². The van der Waals surface area contributed by atoms with Gasteiger partial charge in [-0.05, 0) is 39.4 Å². The minimum Gasteiger partial charge on any atom is -0.466 e. The number of ether oxygens (including phenoxy) is 1. The van der Waals surface area contributed by atoms with Gasteiger partial charge >= 0.3 is 5.97 Å². The van der Waals surface area contributed by atoms with Crippen molar-refractivity contribution in [2.24, 2.45) is 0 Å². The van der Waals surface area contributed by atoms with Crippen molar-refractivity contribution in [2.75, 3.05) is 52.9 Å².